The Morgan fingerprint density at radius 2 is 1.72 bits per heavy atom. The molecule has 3 fully saturated rings. The standard InChI is InChI=1S/C18H32N4O3/c1-14-9-15(2)11-22(10-14)17(23)12-20-4-6-21(7-5-20)18(24)16-13-25-8-3-19-16/h14-16,19H,3-13H2,1-2H3. The predicted octanol–water partition coefficient (Wildman–Crippen LogP) is -0.376. The van der Waals surface area contributed by atoms with Crippen molar-refractivity contribution in [1.82, 2.24) is 20.0 Å². The van der Waals surface area contributed by atoms with Crippen LogP contribution in [0, 0.1) is 11.8 Å². The summed E-state index contributed by atoms with van der Waals surface area (Å²) in [6, 6.07) is -0.210. The Kier molecular flexibility index (Phi) is 6.30. The quantitative estimate of drug-likeness (QED) is 0.750. The van der Waals surface area contributed by atoms with Crippen LogP contribution in [-0.4, -0.2) is 98.1 Å². The first-order valence-corrected chi connectivity index (χ1v) is 9.63. The molecule has 0 saturated carbocycles. The maximum atomic E-state index is 12.6. The van der Waals surface area contributed by atoms with Gasteiger partial charge in [0.15, 0.2) is 0 Å². The fourth-order valence-corrected chi connectivity index (χ4v) is 4.23. The first-order valence-electron chi connectivity index (χ1n) is 9.63. The fourth-order valence-electron chi connectivity index (χ4n) is 4.23. The number of rotatable bonds is 3. The molecule has 3 heterocycles. The van der Waals surface area contributed by atoms with Gasteiger partial charge in [0.05, 0.1) is 19.8 Å². The first kappa shape index (κ1) is 18.6. The van der Waals surface area contributed by atoms with Crippen LogP contribution >= 0.6 is 0 Å². The Bertz CT molecular complexity index is 463. The third kappa shape index (κ3) is 4.92. The van der Waals surface area contributed by atoms with Crippen LogP contribution in [0.15, 0.2) is 0 Å². The molecule has 3 atom stereocenters. The van der Waals surface area contributed by atoms with Gasteiger partial charge in [-0.05, 0) is 18.3 Å². The van der Waals surface area contributed by atoms with Gasteiger partial charge >= 0.3 is 0 Å². The summed E-state index contributed by atoms with van der Waals surface area (Å²) in [7, 11) is 0. The first-order chi connectivity index (χ1) is 12.0. The SMILES string of the molecule is CC1CC(C)CN(C(=O)CN2CCN(C(=O)C3COCCN3)CC2)C1. The molecule has 0 bridgehead atoms. The Balaban J connectivity index is 1.42. The van der Waals surface area contributed by atoms with E-state index in [0.717, 1.165) is 32.7 Å². The third-order valence-corrected chi connectivity index (χ3v) is 5.48. The van der Waals surface area contributed by atoms with Crippen molar-refractivity contribution in [3.63, 3.8) is 0 Å². The molecule has 3 unspecified atom stereocenters. The van der Waals surface area contributed by atoms with Crippen LogP contribution in [-0.2, 0) is 14.3 Å². The summed E-state index contributed by atoms with van der Waals surface area (Å²) < 4.78 is 5.38. The van der Waals surface area contributed by atoms with Gasteiger partial charge in [-0.3, -0.25) is 14.5 Å². The monoisotopic (exact) mass is 352 g/mol. The lowest BCUT2D eigenvalue weighted by atomic mass is 9.92. The highest BCUT2D eigenvalue weighted by atomic mass is 16.5. The normalized spacial score (nSPS) is 31.8. The van der Waals surface area contributed by atoms with Gasteiger partial charge in [-0.1, -0.05) is 13.8 Å². The number of amides is 2. The second-order valence-electron chi connectivity index (χ2n) is 7.93. The maximum absolute atomic E-state index is 12.6. The Morgan fingerprint density at radius 3 is 2.32 bits per heavy atom. The lowest BCUT2D eigenvalue weighted by Gasteiger charge is -2.39. The molecule has 1 N–H and O–H groups in total. The average Bonchev–Trinajstić information content (AvgIpc) is 2.61. The van der Waals surface area contributed by atoms with Crippen LogP contribution in [0.3, 0.4) is 0 Å². The van der Waals surface area contributed by atoms with E-state index >= 15 is 0 Å². The minimum Gasteiger partial charge on any atom is -0.378 e. The van der Waals surface area contributed by atoms with E-state index in [1.807, 2.05) is 9.80 Å². The predicted molar refractivity (Wildman–Crippen MR) is 95.2 cm³/mol. The van der Waals surface area contributed by atoms with Gasteiger partial charge in [-0.15, -0.1) is 0 Å². The van der Waals surface area contributed by atoms with Crippen LogP contribution in [0.1, 0.15) is 20.3 Å². The molecule has 25 heavy (non-hydrogen) atoms. The fraction of sp³-hybridized carbons (Fsp3) is 0.889. The van der Waals surface area contributed by atoms with E-state index in [4.69, 9.17) is 4.74 Å². The van der Waals surface area contributed by atoms with E-state index < -0.39 is 0 Å². The highest BCUT2D eigenvalue weighted by Gasteiger charge is 2.31. The van der Waals surface area contributed by atoms with Crippen molar-refractivity contribution >= 4 is 11.8 Å². The molecule has 0 spiro atoms. The van der Waals surface area contributed by atoms with Gasteiger partial charge < -0.3 is 19.9 Å². The smallest absolute Gasteiger partial charge is 0.242 e. The van der Waals surface area contributed by atoms with Crippen LogP contribution in [0.5, 0.6) is 0 Å². The van der Waals surface area contributed by atoms with Crippen molar-refractivity contribution in [2.24, 2.45) is 11.8 Å². The molecule has 142 valence electrons. The van der Waals surface area contributed by atoms with E-state index in [9.17, 15) is 9.59 Å². The molecule has 0 radical (unpaired) electrons. The van der Waals surface area contributed by atoms with Crippen molar-refractivity contribution in [3.8, 4) is 0 Å². The van der Waals surface area contributed by atoms with Crippen molar-refractivity contribution < 1.29 is 14.3 Å². The van der Waals surface area contributed by atoms with Gasteiger partial charge in [-0.2, -0.15) is 0 Å². The summed E-state index contributed by atoms with van der Waals surface area (Å²) in [4.78, 5) is 31.2. The average molecular weight is 352 g/mol. The van der Waals surface area contributed by atoms with Crippen LogP contribution in [0.4, 0.5) is 0 Å². The molecule has 0 aromatic rings. The van der Waals surface area contributed by atoms with Crippen LogP contribution in [0.2, 0.25) is 0 Å². The van der Waals surface area contributed by atoms with Gasteiger partial charge in [0.1, 0.15) is 6.04 Å². The number of ether oxygens (including phenoxy) is 1. The van der Waals surface area contributed by atoms with Crippen LogP contribution in [0.25, 0.3) is 0 Å². The maximum Gasteiger partial charge on any atom is 0.242 e. The number of piperazine rings is 1. The van der Waals surface area contributed by atoms with Crippen molar-refractivity contribution in [1.29, 1.82) is 0 Å². The number of hydrogen-bond donors (Lipinski definition) is 1. The third-order valence-electron chi connectivity index (χ3n) is 5.48. The number of carbonyl (C=O) groups is 2. The number of carbonyl (C=O) groups excluding carboxylic acids is 2. The zero-order chi connectivity index (χ0) is 17.8. The molecule has 3 aliphatic heterocycles. The van der Waals surface area contributed by atoms with Gasteiger partial charge in [0.2, 0.25) is 11.8 Å². The topological polar surface area (TPSA) is 65.1 Å². The van der Waals surface area contributed by atoms with E-state index in [-0.39, 0.29) is 17.9 Å². The van der Waals surface area contributed by atoms with Gasteiger partial charge in [0, 0.05) is 45.8 Å². The summed E-state index contributed by atoms with van der Waals surface area (Å²) in [6.07, 6.45) is 1.21. The van der Waals surface area contributed by atoms with E-state index in [1.54, 1.807) is 0 Å². The summed E-state index contributed by atoms with van der Waals surface area (Å²) in [6.45, 7) is 11.5. The molecule has 3 aliphatic rings. The lowest BCUT2D eigenvalue weighted by molar-refractivity contribution is -0.139. The minimum atomic E-state index is -0.210. The molecule has 2 amide bonds. The largest absolute Gasteiger partial charge is 0.378 e. The van der Waals surface area contributed by atoms with E-state index in [0.29, 0.717) is 44.7 Å². The molecule has 3 rings (SSSR count). The molecule has 3 saturated heterocycles. The summed E-state index contributed by atoms with van der Waals surface area (Å²) in [5.74, 6) is 1.55. The van der Waals surface area contributed by atoms with Crippen LogP contribution < -0.4 is 5.32 Å². The number of likely N-dealkylation sites (tertiary alicyclic amines) is 1. The van der Waals surface area contributed by atoms with Crippen molar-refractivity contribution in [2.45, 2.75) is 26.3 Å². The molecule has 7 heteroatoms. The van der Waals surface area contributed by atoms with Crippen molar-refractivity contribution in [3.05, 3.63) is 0 Å². The summed E-state index contributed by atoms with van der Waals surface area (Å²) >= 11 is 0. The zero-order valence-electron chi connectivity index (χ0n) is 15.6. The number of nitrogens with one attached hydrogen (secondary N) is 1. The molecule has 7 nitrogen and oxygen atoms in total. The zero-order valence-corrected chi connectivity index (χ0v) is 15.6. The molecule has 0 aliphatic carbocycles. The molecular formula is C18H32N4O3. The second kappa shape index (κ2) is 8.47. The Morgan fingerprint density at radius 1 is 1.04 bits per heavy atom. The van der Waals surface area contributed by atoms with Gasteiger partial charge in [0.25, 0.3) is 0 Å². The highest BCUT2D eigenvalue weighted by molar-refractivity contribution is 5.82. The number of nitrogens with zero attached hydrogens (tertiary/aromatic N) is 3. The Labute approximate surface area is 150 Å². The molecule has 0 aromatic carbocycles. The lowest BCUT2D eigenvalue weighted by Crippen LogP contribution is -2.58. The highest BCUT2D eigenvalue weighted by Crippen LogP contribution is 2.21. The minimum absolute atomic E-state index is 0.129. The summed E-state index contributed by atoms with van der Waals surface area (Å²) in [5, 5.41) is 3.22. The molecule has 0 aromatic heterocycles. The Hall–Kier alpha value is -1.18. The van der Waals surface area contributed by atoms with Gasteiger partial charge in [-0.25, -0.2) is 0 Å². The summed E-state index contributed by atoms with van der Waals surface area (Å²) in [5.41, 5.74) is 0. The number of hydrogen-bond acceptors (Lipinski definition) is 5. The number of piperidine rings is 1. The number of morpholine rings is 1. The molecular weight excluding hydrogens is 320 g/mol. The van der Waals surface area contributed by atoms with Crippen molar-refractivity contribution in [2.75, 3.05) is 65.6 Å². The van der Waals surface area contributed by atoms with E-state index in [1.165, 1.54) is 6.42 Å². The van der Waals surface area contributed by atoms with E-state index in [2.05, 4.69) is 24.1 Å². The second-order valence-corrected chi connectivity index (χ2v) is 7.93.